The minimum Gasteiger partial charge on any atom is -0.339 e. The summed E-state index contributed by atoms with van der Waals surface area (Å²) in [5.41, 5.74) is 1.89. The molecule has 0 aliphatic heterocycles. The Balaban J connectivity index is 1.36. The van der Waals surface area contributed by atoms with Gasteiger partial charge in [-0.15, -0.1) is 11.3 Å². The van der Waals surface area contributed by atoms with E-state index in [0.717, 1.165) is 25.7 Å². The smallest absolute Gasteiger partial charge is 0.250 e. The summed E-state index contributed by atoms with van der Waals surface area (Å²) in [7, 11) is -3.53. The van der Waals surface area contributed by atoms with Crippen LogP contribution in [0.3, 0.4) is 0 Å². The summed E-state index contributed by atoms with van der Waals surface area (Å²) in [5, 5.41) is 5.81. The SMILES string of the molecule is O=S(=O)(NCCCc1ccccc1)c1cc(-c2noc(C3CCCC3)n2)cs1. The van der Waals surface area contributed by atoms with Crippen LogP contribution in [-0.4, -0.2) is 25.1 Å². The highest BCUT2D eigenvalue weighted by molar-refractivity contribution is 7.91. The average molecular weight is 418 g/mol. The fraction of sp³-hybridized carbons (Fsp3) is 0.400. The first-order valence-electron chi connectivity index (χ1n) is 9.58. The molecule has 3 aromatic rings. The van der Waals surface area contributed by atoms with Gasteiger partial charge in [0.05, 0.1) is 0 Å². The van der Waals surface area contributed by atoms with Gasteiger partial charge >= 0.3 is 0 Å². The van der Waals surface area contributed by atoms with Crippen LogP contribution in [-0.2, 0) is 16.4 Å². The van der Waals surface area contributed by atoms with Crippen molar-refractivity contribution in [3.8, 4) is 11.4 Å². The van der Waals surface area contributed by atoms with E-state index in [-0.39, 0.29) is 4.21 Å². The number of nitrogens with one attached hydrogen (secondary N) is 1. The third-order valence-corrected chi connectivity index (χ3v) is 7.92. The highest BCUT2D eigenvalue weighted by atomic mass is 32.2. The number of aromatic nitrogens is 2. The maximum Gasteiger partial charge on any atom is 0.250 e. The van der Waals surface area contributed by atoms with E-state index in [1.165, 1.54) is 29.7 Å². The second-order valence-electron chi connectivity index (χ2n) is 7.08. The number of benzene rings is 1. The molecule has 2 aromatic heterocycles. The zero-order valence-corrected chi connectivity index (χ0v) is 17.1. The van der Waals surface area contributed by atoms with E-state index in [2.05, 4.69) is 14.9 Å². The van der Waals surface area contributed by atoms with E-state index in [0.29, 0.717) is 29.7 Å². The molecule has 148 valence electrons. The predicted molar refractivity (Wildman–Crippen MR) is 109 cm³/mol. The highest BCUT2D eigenvalue weighted by Crippen LogP contribution is 2.34. The van der Waals surface area contributed by atoms with Gasteiger partial charge in [0, 0.05) is 23.4 Å². The lowest BCUT2D eigenvalue weighted by Gasteiger charge is -2.04. The quantitative estimate of drug-likeness (QED) is 0.550. The van der Waals surface area contributed by atoms with Crippen molar-refractivity contribution in [2.45, 2.75) is 48.7 Å². The van der Waals surface area contributed by atoms with Crippen LogP contribution in [0.5, 0.6) is 0 Å². The fourth-order valence-corrected chi connectivity index (χ4v) is 5.76. The van der Waals surface area contributed by atoms with Crippen molar-refractivity contribution < 1.29 is 12.9 Å². The molecule has 2 heterocycles. The van der Waals surface area contributed by atoms with Crippen molar-refractivity contribution in [2.75, 3.05) is 6.54 Å². The molecule has 0 bridgehead atoms. The number of hydrogen-bond donors (Lipinski definition) is 1. The second kappa shape index (κ2) is 8.55. The standard InChI is InChI=1S/C20H23N3O3S2/c24-28(25,21-12-6-9-15-7-2-1-3-8-15)18-13-17(14-27-18)19-22-20(26-23-19)16-10-4-5-11-16/h1-3,7-8,13-14,16,21H,4-6,9-12H2. The molecule has 1 fully saturated rings. The Kier molecular flexibility index (Phi) is 5.89. The Morgan fingerprint density at radius 3 is 2.75 bits per heavy atom. The van der Waals surface area contributed by atoms with Crippen LogP contribution in [0, 0.1) is 0 Å². The van der Waals surface area contributed by atoms with Crippen LogP contribution in [0.25, 0.3) is 11.4 Å². The molecule has 0 radical (unpaired) electrons. The van der Waals surface area contributed by atoms with E-state index < -0.39 is 10.0 Å². The van der Waals surface area contributed by atoms with Crippen LogP contribution in [0.2, 0.25) is 0 Å². The Bertz CT molecular complexity index is 1010. The molecule has 1 aromatic carbocycles. The van der Waals surface area contributed by atoms with Gasteiger partial charge in [0.1, 0.15) is 4.21 Å². The second-order valence-corrected chi connectivity index (χ2v) is 9.98. The van der Waals surface area contributed by atoms with E-state index in [4.69, 9.17) is 4.52 Å². The first kappa shape index (κ1) is 19.3. The summed E-state index contributed by atoms with van der Waals surface area (Å²) < 4.78 is 33.4. The molecular weight excluding hydrogens is 394 g/mol. The first-order chi connectivity index (χ1) is 13.6. The van der Waals surface area contributed by atoms with Gasteiger partial charge in [-0.2, -0.15) is 4.98 Å². The van der Waals surface area contributed by atoms with Crippen molar-refractivity contribution in [1.82, 2.24) is 14.9 Å². The van der Waals surface area contributed by atoms with Gasteiger partial charge in [-0.1, -0.05) is 48.3 Å². The fourth-order valence-electron chi connectivity index (χ4n) is 3.48. The molecule has 0 spiro atoms. The predicted octanol–water partition coefficient (Wildman–Crippen LogP) is 4.37. The lowest BCUT2D eigenvalue weighted by molar-refractivity contribution is 0.354. The molecule has 1 N–H and O–H groups in total. The van der Waals surface area contributed by atoms with E-state index in [1.807, 2.05) is 30.3 Å². The van der Waals surface area contributed by atoms with Crippen molar-refractivity contribution in [3.63, 3.8) is 0 Å². The Morgan fingerprint density at radius 2 is 1.96 bits per heavy atom. The summed E-state index contributed by atoms with van der Waals surface area (Å²) in [6, 6.07) is 11.7. The van der Waals surface area contributed by atoms with Crippen LogP contribution in [0.15, 0.2) is 50.5 Å². The van der Waals surface area contributed by atoms with E-state index in [9.17, 15) is 8.42 Å². The monoisotopic (exact) mass is 417 g/mol. The molecule has 1 aliphatic carbocycles. The number of rotatable bonds is 8. The molecule has 0 atom stereocenters. The van der Waals surface area contributed by atoms with E-state index in [1.54, 1.807) is 11.4 Å². The number of thiophene rings is 1. The van der Waals surface area contributed by atoms with Crippen LogP contribution in [0.4, 0.5) is 0 Å². The Morgan fingerprint density at radius 1 is 1.18 bits per heavy atom. The van der Waals surface area contributed by atoms with Crippen molar-refractivity contribution in [1.29, 1.82) is 0 Å². The topological polar surface area (TPSA) is 85.1 Å². The molecule has 1 aliphatic rings. The Labute approximate surface area is 169 Å². The number of sulfonamides is 1. The normalized spacial score (nSPS) is 15.3. The zero-order valence-electron chi connectivity index (χ0n) is 15.5. The van der Waals surface area contributed by atoms with Crippen molar-refractivity contribution >= 4 is 21.4 Å². The van der Waals surface area contributed by atoms with Crippen molar-refractivity contribution in [2.24, 2.45) is 0 Å². The van der Waals surface area contributed by atoms with Gasteiger partial charge in [-0.25, -0.2) is 13.1 Å². The van der Waals surface area contributed by atoms with E-state index >= 15 is 0 Å². The lowest BCUT2D eigenvalue weighted by atomic mass is 10.1. The molecule has 8 heteroatoms. The third-order valence-electron chi connectivity index (χ3n) is 5.02. The highest BCUT2D eigenvalue weighted by Gasteiger charge is 2.24. The molecule has 0 amide bonds. The minimum atomic E-state index is -3.53. The first-order valence-corrected chi connectivity index (χ1v) is 11.9. The average Bonchev–Trinajstić information content (AvgIpc) is 3.46. The summed E-state index contributed by atoms with van der Waals surface area (Å²) in [4.78, 5) is 4.48. The lowest BCUT2D eigenvalue weighted by Crippen LogP contribution is -2.24. The Hall–Kier alpha value is -2.03. The largest absolute Gasteiger partial charge is 0.339 e. The molecule has 4 rings (SSSR count). The van der Waals surface area contributed by atoms with Gasteiger partial charge < -0.3 is 4.52 Å². The molecule has 0 unspecified atom stereocenters. The summed E-state index contributed by atoms with van der Waals surface area (Å²) >= 11 is 1.18. The van der Waals surface area contributed by atoms with Crippen molar-refractivity contribution in [3.05, 3.63) is 53.2 Å². The summed E-state index contributed by atoms with van der Waals surface area (Å²) in [5.74, 6) is 1.47. The number of hydrogen-bond acceptors (Lipinski definition) is 6. The number of nitrogens with zero attached hydrogens (tertiary/aromatic N) is 2. The third kappa shape index (κ3) is 4.51. The van der Waals surface area contributed by atoms with Gasteiger partial charge in [-0.05, 0) is 37.3 Å². The maximum atomic E-state index is 12.5. The van der Waals surface area contributed by atoms with Crippen LogP contribution >= 0.6 is 11.3 Å². The molecule has 1 saturated carbocycles. The molecule has 6 nitrogen and oxygen atoms in total. The summed E-state index contributed by atoms with van der Waals surface area (Å²) in [6.45, 7) is 0.401. The summed E-state index contributed by atoms with van der Waals surface area (Å²) in [6.07, 6.45) is 6.14. The number of aryl methyl sites for hydroxylation is 1. The molecular formula is C20H23N3O3S2. The minimum absolute atomic E-state index is 0.273. The molecule has 0 saturated heterocycles. The van der Waals surface area contributed by atoms with Crippen LogP contribution in [0.1, 0.15) is 49.5 Å². The van der Waals surface area contributed by atoms with Gasteiger partial charge in [0.2, 0.25) is 21.7 Å². The van der Waals surface area contributed by atoms with Gasteiger partial charge in [0.15, 0.2) is 0 Å². The maximum absolute atomic E-state index is 12.5. The zero-order chi connectivity index (χ0) is 19.4. The van der Waals surface area contributed by atoms with Crippen LogP contribution < -0.4 is 4.72 Å². The van der Waals surface area contributed by atoms with Gasteiger partial charge in [-0.3, -0.25) is 0 Å². The molecule has 28 heavy (non-hydrogen) atoms. The van der Waals surface area contributed by atoms with Gasteiger partial charge in [0.25, 0.3) is 0 Å².